The van der Waals surface area contributed by atoms with Gasteiger partial charge in [0.2, 0.25) is 5.91 Å². The fraction of sp³-hybridized carbons (Fsp3) is 0.208. The van der Waals surface area contributed by atoms with Crippen LogP contribution in [-0.4, -0.2) is 22.9 Å². The first kappa shape index (κ1) is 21.0. The molecule has 2 aromatic carbocycles. The summed E-state index contributed by atoms with van der Waals surface area (Å²) in [4.78, 5) is 28.2. The van der Waals surface area contributed by atoms with E-state index in [1.165, 1.54) is 0 Å². The van der Waals surface area contributed by atoms with Gasteiger partial charge in [-0.2, -0.15) is 0 Å². The van der Waals surface area contributed by atoms with Crippen LogP contribution in [0.2, 0.25) is 0 Å². The lowest BCUT2D eigenvalue weighted by atomic mass is 10.1. The molecule has 1 atom stereocenters. The summed E-state index contributed by atoms with van der Waals surface area (Å²) in [6, 6.07) is 19.9. The maximum atomic E-state index is 12.2. The summed E-state index contributed by atoms with van der Waals surface area (Å²) < 4.78 is 11.0. The lowest BCUT2D eigenvalue weighted by Gasteiger charge is -2.14. The van der Waals surface area contributed by atoms with Gasteiger partial charge in [-0.1, -0.05) is 42.5 Å². The lowest BCUT2D eigenvalue weighted by Crippen LogP contribution is -2.39. The van der Waals surface area contributed by atoms with Crippen LogP contribution in [0.15, 0.2) is 79.1 Å². The Bertz CT molecular complexity index is 944. The topological polar surface area (TPSA) is 77.5 Å². The molecule has 0 aliphatic heterocycles. The molecule has 6 nitrogen and oxygen atoms in total. The van der Waals surface area contributed by atoms with E-state index in [4.69, 9.17) is 9.47 Å². The first-order valence-corrected chi connectivity index (χ1v) is 9.77. The Morgan fingerprint density at radius 3 is 2.40 bits per heavy atom. The van der Waals surface area contributed by atoms with E-state index in [0.29, 0.717) is 24.3 Å². The van der Waals surface area contributed by atoms with Crippen molar-refractivity contribution in [2.75, 3.05) is 0 Å². The Hall–Kier alpha value is -3.67. The number of rotatable bonds is 9. The standard InChI is InChI=1S/C24H24N2O4/c1-18(26-23(27)14-11-19-6-3-2-4-7-19)24(28)29-17-20-9-12-21(13-10-20)30-22-8-5-15-25-16-22/h2-10,12-13,15-16,18H,11,14,17H2,1H3,(H,26,27)/t18-/m1/s1. The third-order valence-electron chi connectivity index (χ3n) is 4.39. The molecule has 3 aromatic rings. The van der Waals surface area contributed by atoms with Gasteiger partial charge in [0.05, 0.1) is 6.20 Å². The Balaban J connectivity index is 1.40. The Morgan fingerprint density at radius 1 is 0.933 bits per heavy atom. The normalized spacial score (nSPS) is 11.4. The van der Waals surface area contributed by atoms with Crippen LogP contribution in [0.4, 0.5) is 0 Å². The number of aryl methyl sites for hydroxylation is 1. The first-order chi connectivity index (χ1) is 14.6. The van der Waals surface area contributed by atoms with Crippen molar-refractivity contribution in [2.45, 2.75) is 32.4 Å². The van der Waals surface area contributed by atoms with Gasteiger partial charge >= 0.3 is 5.97 Å². The smallest absolute Gasteiger partial charge is 0.328 e. The van der Waals surface area contributed by atoms with E-state index < -0.39 is 12.0 Å². The zero-order valence-corrected chi connectivity index (χ0v) is 16.8. The summed E-state index contributed by atoms with van der Waals surface area (Å²) in [5.74, 6) is 0.657. The third-order valence-corrected chi connectivity index (χ3v) is 4.39. The van der Waals surface area contributed by atoms with E-state index in [1.807, 2.05) is 48.5 Å². The molecule has 1 heterocycles. The Labute approximate surface area is 175 Å². The molecule has 30 heavy (non-hydrogen) atoms. The molecule has 0 unspecified atom stereocenters. The summed E-state index contributed by atoms with van der Waals surface area (Å²) >= 11 is 0. The molecular formula is C24H24N2O4. The summed E-state index contributed by atoms with van der Waals surface area (Å²) in [6.07, 6.45) is 4.25. The quantitative estimate of drug-likeness (QED) is 0.544. The molecule has 6 heteroatoms. The predicted molar refractivity (Wildman–Crippen MR) is 113 cm³/mol. The second-order valence-corrected chi connectivity index (χ2v) is 6.82. The minimum Gasteiger partial charge on any atom is -0.459 e. The maximum Gasteiger partial charge on any atom is 0.328 e. The monoisotopic (exact) mass is 404 g/mol. The number of aromatic nitrogens is 1. The van der Waals surface area contributed by atoms with Gasteiger partial charge in [0.1, 0.15) is 24.1 Å². The molecule has 1 amide bonds. The minimum atomic E-state index is -0.707. The highest BCUT2D eigenvalue weighted by Crippen LogP contribution is 2.20. The molecule has 0 fully saturated rings. The Kier molecular flexibility index (Phi) is 7.55. The second-order valence-electron chi connectivity index (χ2n) is 6.82. The van der Waals surface area contributed by atoms with Crippen LogP contribution in [-0.2, 0) is 27.4 Å². The number of hydrogen-bond acceptors (Lipinski definition) is 5. The van der Waals surface area contributed by atoms with Gasteiger partial charge in [-0.05, 0) is 48.7 Å². The van der Waals surface area contributed by atoms with E-state index in [0.717, 1.165) is 11.1 Å². The molecule has 154 valence electrons. The number of carbonyl (C=O) groups excluding carboxylic acids is 2. The molecule has 0 saturated heterocycles. The van der Waals surface area contributed by atoms with Crippen molar-refractivity contribution in [3.63, 3.8) is 0 Å². The van der Waals surface area contributed by atoms with Crippen molar-refractivity contribution in [3.05, 3.63) is 90.3 Å². The highest BCUT2D eigenvalue weighted by Gasteiger charge is 2.17. The Morgan fingerprint density at radius 2 is 1.70 bits per heavy atom. The third kappa shape index (κ3) is 6.74. The molecule has 0 spiro atoms. The van der Waals surface area contributed by atoms with Crippen molar-refractivity contribution >= 4 is 11.9 Å². The number of esters is 1. The van der Waals surface area contributed by atoms with Crippen molar-refractivity contribution in [1.82, 2.24) is 10.3 Å². The van der Waals surface area contributed by atoms with Gasteiger partial charge in [-0.3, -0.25) is 9.78 Å². The van der Waals surface area contributed by atoms with Gasteiger partial charge < -0.3 is 14.8 Å². The summed E-state index contributed by atoms with van der Waals surface area (Å²) in [5, 5.41) is 2.68. The summed E-state index contributed by atoms with van der Waals surface area (Å²) in [6.45, 7) is 1.74. The maximum absolute atomic E-state index is 12.2. The molecule has 0 aliphatic rings. The van der Waals surface area contributed by atoms with Crippen LogP contribution in [0.1, 0.15) is 24.5 Å². The van der Waals surface area contributed by atoms with Gasteiger partial charge in [0, 0.05) is 12.6 Å². The zero-order chi connectivity index (χ0) is 21.2. The number of nitrogens with one attached hydrogen (secondary N) is 1. The van der Waals surface area contributed by atoms with Gasteiger partial charge in [0.25, 0.3) is 0 Å². The van der Waals surface area contributed by atoms with Gasteiger partial charge in [-0.25, -0.2) is 4.79 Å². The number of carbonyl (C=O) groups is 2. The van der Waals surface area contributed by atoms with Crippen LogP contribution in [0.25, 0.3) is 0 Å². The fourth-order valence-corrected chi connectivity index (χ4v) is 2.75. The summed E-state index contributed by atoms with van der Waals surface area (Å²) in [5.41, 5.74) is 1.91. The highest BCUT2D eigenvalue weighted by molar-refractivity contribution is 5.84. The predicted octanol–water partition coefficient (Wildman–Crippen LogP) is 4.05. The van der Waals surface area contributed by atoms with Crippen LogP contribution in [0.3, 0.4) is 0 Å². The highest BCUT2D eigenvalue weighted by atomic mass is 16.5. The molecule has 1 aromatic heterocycles. The van der Waals surface area contributed by atoms with Crippen molar-refractivity contribution in [3.8, 4) is 11.5 Å². The van der Waals surface area contributed by atoms with Crippen LogP contribution < -0.4 is 10.1 Å². The first-order valence-electron chi connectivity index (χ1n) is 9.77. The fourth-order valence-electron chi connectivity index (χ4n) is 2.75. The van der Waals surface area contributed by atoms with Crippen molar-refractivity contribution in [2.24, 2.45) is 0 Å². The molecule has 0 saturated carbocycles. The number of nitrogens with zero attached hydrogens (tertiary/aromatic N) is 1. The van der Waals surface area contributed by atoms with E-state index in [1.54, 1.807) is 37.5 Å². The zero-order valence-electron chi connectivity index (χ0n) is 16.8. The molecule has 0 aliphatic carbocycles. The number of benzene rings is 2. The lowest BCUT2D eigenvalue weighted by molar-refractivity contribution is -0.148. The van der Waals surface area contributed by atoms with E-state index in [-0.39, 0.29) is 12.5 Å². The van der Waals surface area contributed by atoms with Gasteiger partial charge in [0.15, 0.2) is 0 Å². The van der Waals surface area contributed by atoms with E-state index in [9.17, 15) is 9.59 Å². The molecule has 3 rings (SSSR count). The summed E-state index contributed by atoms with van der Waals surface area (Å²) in [7, 11) is 0. The second kappa shape index (κ2) is 10.8. The molecule has 0 bridgehead atoms. The SMILES string of the molecule is C[C@@H](NC(=O)CCc1ccccc1)C(=O)OCc1ccc(Oc2cccnc2)cc1. The number of pyridine rings is 1. The number of hydrogen-bond donors (Lipinski definition) is 1. The van der Waals surface area contributed by atoms with Gasteiger partial charge in [-0.15, -0.1) is 0 Å². The van der Waals surface area contributed by atoms with E-state index >= 15 is 0 Å². The largest absolute Gasteiger partial charge is 0.459 e. The molecule has 1 N–H and O–H groups in total. The molecular weight excluding hydrogens is 380 g/mol. The van der Waals surface area contributed by atoms with Crippen molar-refractivity contribution < 1.29 is 19.1 Å². The molecule has 0 radical (unpaired) electrons. The number of ether oxygens (including phenoxy) is 2. The number of amides is 1. The van der Waals surface area contributed by atoms with Crippen LogP contribution >= 0.6 is 0 Å². The minimum absolute atomic E-state index is 0.121. The van der Waals surface area contributed by atoms with Crippen LogP contribution in [0, 0.1) is 0 Å². The van der Waals surface area contributed by atoms with E-state index in [2.05, 4.69) is 10.3 Å². The van der Waals surface area contributed by atoms with Crippen LogP contribution in [0.5, 0.6) is 11.5 Å². The van der Waals surface area contributed by atoms with Crippen molar-refractivity contribution in [1.29, 1.82) is 0 Å². The average Bonchev–Trinajstić information content (AvgIpc) is 2.78. The average molecular weight is 404 g/mol.